The monoisotopic (exact) mass is 250 g/mol. The van der Waals surface area contributed by atoms with Crippen molar-refractivity contribution >= 4 is 17.6 Å². The number of H-pyrrole nitrogens is 1. The Bertz CT molecular complexity index is 551. The van der Waals surface area contributed by atoms with E-state index in [-0.39, 0.29) is 17.4 Å². The Kier molecular flexibility index (Phi) is 3.14. The van der Waals surface area contributed by atoms with Gasteiger partial charge in [0, 0.05) is 19.5 Å². The molecule has 1 atom stereocenters. The van der Waals surface area contributed by atoms with Crippen molar-refractivity contribution in [3.05, 3.63) is 22.2 Å². The number of likely N-dealkylation sites (tertiary alicyclic amines) is 1. The molecule has 18 heavy (non-hydrogen) atoms. The zero-order valence-corrected chi connectivity index (χ0v) is 10.2. The Hall–Kier alpha value is -2.18. The second-order valence-corrected chi connectivity index (χ2v) is 4.24. The standard InChI is InChI=1S/C11H14N4O3/c1-6-12-8(5-9(16)13-6)14-7-3-4-10(17)15(2)11(7)18/h5,7H,3-4H2,1-2H3,(H2,12,13,14,16). The van der Waals surface area contributed by atoms with Gasteiger partial charge in [0.15, 0.2) is 0 Å². The summed E-state index contributed by atoms with van der Waals surface area (Å²) in [5.74, 6) is 0.328. The van der Waals surface area contributed by atoms with E-state index in [0.29, 0.717) is 24.5 Å². The van der Waals surface area contributed by atoms with E-state index in [1.165, 1.54) is 13.1 Å². The van der Waals surface area contributed by atoms with E-state index in [9.17, 15) is 14.4 Å². The van der Waals surface area contributed by atoms with Gasteiger partial charge < -0.3 is 10.3 Å². The quantitative estimate of drug-likeness (QED) is 0.699. The number of piperidine rings is 1. The first-order valence-electron chi connectivity index (χ1n) is 5.62. The maximum atomic E-state index is 11.8. The molecular weight excluding hydrogens is 236 g/mol. The molecule has 2 heterocycles. The van der Waals surface area contributed by atoms with E-state index in [0.717, 1.165) is 4.90 Å². The lowest BCUT2D eigenvalue weighted by molar-refractivity contribution is -0.146. The van der Waals surface area contributed by atoms with Crippen LogP contribution in [0, 0.1) is 6.92 Å². The van der Waals surface area contributed by atoms with Crippen molar-refractivity contribution in [3.63, 3.8) is 0 Å². The Morgan fingerprint density at radius 2 is 2.17 bits per heavy atom. The van der Waals surface area contributed by atoms with Crippen LogP contribution >= 0.6 is 0 Å². The van der Waals surface area contributed by atoms with E-state index >= 15 is 0 Å². The van der Waals surface area contributed by atoms with Crippen LogP contribution in [-0.2, 0) is 9.59 Å². The number of aromatic nitrogens is 2. The zero-order chi connectivity index (χ0) is 13.3. The third kappa shape index (κ3) is 2.39. The van der Waals surface area contributed by atoms with Crippen molar-refractivity contribution in [1.29, 1.82) is 0 Å². The molecule has 1 unspecified atom stereocenters. The predicted octanol–water partition coefficient (Wildman–Crippen LogP) is -0.362. The van der Waals surface area contributed by atoms with Crippen molar-refractivity contribution in [2.45, 2.75) is 25.8 Å². The number of carbonyl (C=O) groups is 2. The molecule has 0 bridgehead atoms. The van der Waals surface area contributed by atoms with E-state index in [1.807, 2.05) is 0 Å². The lowest BCUT2D eigenvalue weighted by Crippen LogP contribution is -2.48. The molecule has 0 radical (unpaired) electrons. The maximum Gasteiger partial charge on any atom is 0.252 e. The minimum atomic E-state index is -0.513. The molecule has 2 rings (SSSR count). The van der Waals surface area contributed by atoms with Gasteiger partial charge in [-0.15, -0.1) is 0 Å². The molecule has 0 spiro atoms. The van der Waals surface area contributed by atoms with Crippen LogP contribution in [-0.4, -0.2) is 39.8 Å². The summed E-state index contributed by atoms with van der Waals surface area (Å²) in [7, 11) is 1.45. The molecular formula is C11H14N4O3. The number of anilines is 1. The molecule has 1 fully saturated rings. The number of aromatic amines is 1. The smallest absolute Gasteiger partial charge is 0.252 e. The van der Waals surface area contributed by atoms with Crippen molar-refractivity contribution in [1.82, 2.24) is 14.9 Å². The number of rotatable bonds is 2. The molecule has 1 aliphatic rings. The van der Waals surface area contributed by atoms with Gasteiger partial charge in [-0.05, 0) is 13.3 Å². The van der Waals surface area contributed by atoms with Gasteiger partial charge in [0.2, 0.25) is 5.91 Å². The van der Waals surface area contributed by atoms with Gasteiger partial charge in [-0.2, -0.15) is 0 Å². The third-order valence-electron chi connectivity index (χ3n) is 2.83. The first-order chi connectivity index (χ1) is 8.47. The number of nitrogens with zero attached hydrogens (tertiary/aromatic N) is 2. The fourth-order valence-corrected chi connectivity index (χ4v) is 1.88. The maximum absolute atomic E-state index is 11.8. The molecule has 2 N–H and O–H groups in total. The third-order valence-corrected chi connectivity index (χ3v) is 2.83. The van der Waals surface area contributed by atoms with Crippen LogP contribution in [0.2, 0.25) is 0 Å². The second-order valence-electron chi connectivity index (χ2n) is 4.24. The molecule has 0 aromatic carbocycles. The molecule has 2 amide bonds. The Balaban J connectivity index is 2.16. The Labute approximate surface area is 103 Å². The van der Waals surface area contributed by atoms with E-state index < -0.39 is 6.04 Å². The number of likely N-dealkylation sites (N-methyl/N-ethyl adjacent to an activating group) is 1. The highest BCUT2D eigenvalue weighted by Gasteiger charge is 2.31. The topological polar surface area (TPSA) is 95.2 Å². The largest absolute Gasteiger partial charge is 0.358 e. The van der Waals surface area contributed by atoms with Gasteiger partial charge in [-0.1, -0.05) is 0 Å². The SMILES string of the molecule is Cc1nc(NC2CCC(=O)N(C)C2=O)cc(=O)[nH]1. The van der Waals surface area contributed by atoms with Crippen molar-refractivity contribution in [2.75, 3.05) is 12.4 Å². The lowest BCUT2D eigenvalue weighted by atomic mass is 10.0. The highest BCUT2D eigenvalue weighted by molar-refractivity contribution is 6.01. The summed E-state index contributed by atoms with van der Waals surface area (Å²) in [6.45, 7) is 1.66. The fourth-order valence-electron chi connectivity index (χ4n) is 1.88. The number of imide groups is 1. The van der Waals surface area contributed by atoms with Crippen LogP contribution in [0.5, 0.6) is 0 Å². The summed E-state index contributed by atoms with van der Waals surface area (Å²) in [5.41, 5.74) is -0.280. The fraction of sp³-hybridized carbons (Fsp3) is 0.455. The Morgan fingerprint density at radius 1 is 1.44 bits per heavy atom. The number of aryl methyl sites for hydroxylation is 1. The summed E-state index contributed by atoms with van der Waals surface area (Å²) in [4.78, 5) is 42.1. The number of hydrogen-bond donors (Lipinski definition) is 2. The van der Waals surface area contributed by atoms with E-state index in [2.05, 4.69) is 15.3 Å². The zero-order valence-electron chi connectivity index (χ0n) is 10.2. The van der Waals surface area contributed by atoms with Gasteiger partial charge in [-0.3, -0.25) is 19.3 Å². The number of nitrogens with one attached hydrogen (secondary N) is 2. The summed E-state index contributed by atoms with van der Waals surface area (Å²) in [6, 6.07) is 0.776. The summed E-state index contributed by atoms with van der Waals surface area (Å²) < 4.78 is 0. The van der Waals surface area contributed by atoms with Gasteiger partial charge in [0.05, 0.1) is 0 Å². The molecule has 1 aliphatic heterocycles. The van der Waals surface area contributed by atoms with Gasteiger partial charge >= 0.3 is 0 Å². The van der Waals surface area contributed by atoms with Gasteiger partial charge in [-0.25, -0.2) is 4.98 Å². The van der Waals surface area contributed by atoms with Crippen LogP contribution in [0.3, 0.4) is 0 Å². The van der Waals surface area contributed by atoms with Gasteiger partial charge in [0.25, 0.3) is 11.5 Å². The normalized spacial score (nSPS) is 20.1. The lowest BCUT2D eigenvalue weighted by Gasteiger charge is -2.28. The summed E-state index contributed by atoms with van der Waals surface area (Å²) >= 11 is 0. The van der Waals surface area contributed by atoms with Crippen LogP contribution in [0.1, 0.15) is 18.7 Å². The van der Waals surface area contributed by atoms with Crippen LogP contribution in [0.15, 0.2) is 10.9 Å². The molecule has 0 aliphatic carbocycles. The molecule has 7 heteroatoms. The summed E-state index contributed by atoms with van der Waals surface area (Å²) in [5, 5.41) is 2.89. The number of amides is 2. The first kappa shape index (κ1) is 12.3. The van der Waals surface area contributed by atoms with Crippen LogP contribution < -0.4 is 10.9 Å². The van der Waals surface area contributed by atoms with Crippen molar-refractivity contribution in [2.24, 2.45) is 0 Å². The molecule has 1 aromatic heterocycles. The average molecular weight is 250 g/mol. The van der Waals surface area contributed by atoms with Gasteiger partial charge in [0.1, 0.15) is 17.7 Å². The minimum Gasteiger partial charge on any atom is -0.358 e. The molecule has 1 aromatic rings. The predicted molar refractivity (Wildman–Crippen MR) is 64.0 cm³/mol. The number of hydrogen-bond acceptors (Lipinski definition) is 5. The Morgan fingerprint density at radius 3 is 2.83 bits per heavy atom. The summed E-state index contributed by atoms with van der Waals surface area (Å²) in [6.07, 6.45) is 0.720. The van der Waals surface area contributed by atoms with Crippen LogP contribution in [0.4, 0.5) is 5.82 Å². The van der Waals surface area contributed by atoms with E-state index in [1.54, 1.807) is 6.92 Å². The first-order valence-corrected chi connectivity index (χ1v) is 5.62. The van der Waals surface area contributed by atoms with Crippen LogP contribution in [0.25, 0.3) is 0 Å². The van der Waals surface area contributed by atoms with Crippen molar-refractivity contribution in [3.8, 4) is 0 Å². The molecule has 96 valence electrons. The molecule has 7 nitrogen and oxygen atoms in total. The number of carbonyl (C=O) groups excluding carboxylic acids is 2. The van der Waals surface area contributed by atoms with Crippen molar-refractivity contribution < 1.29 is 9.59 Å². The molecule has 1 saturated heterocycles. The highest BCUT2D eigenvalue weighted by Crippen LogP contribution is 2.15. The second kappa shape index (κ2) is 4.59. The average Bonchev–Trinajstić information content (AvgIpc) is 2.29. The highest BCUT2D eigenvalue weighted by atomic mass is 16.2. The molecule has 0 saturated carbocycles. The minimum absolute atomic E-state index is 0.187. The van der Waals surface area contributed by atoms with E-state index in [4.69, 9.17) is 0 Å².